The molecule has 0 amide bonds. The van der Waals surface area contributed by atoms with Crippen molar-refractivity contribution in [2.24, 2.45) is 0 Å². The smallest absolute Gasteiger partial charge is 0.240 e. The first-order chi connectivity index (χ1) is 9.13. The molecule has 0 aliphatic rings. The van der Waals surface area contributed by atoms with Gasteiger partial charge in [-0.25, -0.2) is 18.1 Å². The van der Waals surface area contributed by atoms with E-state index in [9.17, 15) is 8.42 Å². The van der Waals surface area contributed by atoms with Gasteiger partial charge in [0.15, 0.2) is 0 Å². The molecule has 0 atom stereocenters. The predicted octanol–water partition coefficient (Wildman–Crippen LogP) is 1.16. The van der Waals surface area contributed by atoms with Crippen LogP contribution in [0.5, 0.6) is 0 Å². The van der Waals surface area contributed by atoms with Crippen molar-refractivity contribution in [3.63, 3.8) is 0 Å². The van der Waals surface area contributed by atoms with Gasteiger partial charge in [0, 0.05) is 24.5 Å². The van der Waals surface area contributed by atoms with Crippen LogP contribution in [0.1, 0.15) is 10.6 Å². The fraction of sp³-hybridized carbons (Fsp3) is 0.250. The second-order valence-electron chi connectivity index (χ2n) is 3.84. The molecular weight excluding hydrogens is 284 g/mol. The normalized spacial score (nSPS) is 11.6. The molecule has 0 aliphatic carbocycles. The number of aliphatic hydroxyl groups excluding tert-OH is 1. The number of thiazole rings is 1. The Balaban J connectivity index is 2.05. The Bertz CT molecular complexity index is 624. The van der Waals surface area contributed by atoms with Crippen molar-refractivity contribution in [1.82, 2.24) is 9.71 Å². The highest BCUT2D eigenvalue weighted by Crippen LogP contribution is 2.15. The Morgan fingerprint density at radius 1 is 1.32 bits per heavy atom. The van der Waals surface area contributed by atoms with Crippen molar-refractivity contribution in [2.75, 3.05) is 6.54 Å². The third-order valence-corrected chi connectivity index (χ3v) is 4.95. The average Bonchev–Trinajstić information content (AvgIpc) is 2.91. The summed E-state index contributed by atoms with van der Waals surface area (Å²) in [6.07, 6.45) is 2.24. The quantitative estimate of drug-likeness (QED) is 0.838. The van der Waals surface area contributed by atoms with Crippen LogP contribution in [0, 0.1) is 0 Å². The summed E-state index contributed by atoms with van der Waals surface area (Å²) < 4.78 is 26.7. The summed E-state index contributed by atoms with van der Waals surface area (Å²) in [5, 5.41) is 11.9. The first kappa shape index (κ1) is 14.1. The molecule has 2 aromatic rings. The molecule has 0 spiro atoms. The Labute approximate surface area is 116 Å². The third-order valence-electron chi connectivity index (χ3n) is 2.55. The molecule has 0 saturated carbocycles. The van der Waals surface area contributed by atoms with E-state index in [0.717, 1.165) is 5.01 Å². The van der Waals surface area contributed by atoms with Crippen molar-refractivity contribution in [3.8, 4) is 0 Å². The van der Waals surface area contributed by atoms with Crippen LogP contribution in [0.4, 0.5) is 0 Å². The van der Waals surface area contributed by atoms with E-state index in [1.54, 1.807) is 24.4 Å². The maximum Gasteiger partial charge on any atom is 0.240 e. The molecule has 0 fully saturated rings. The first-order valence-electron chi connectivity index (χ1n) is 5.70. The summed E-state index contributed by atoms with van der Waals surface area (Å²) in [7, 11) is -3.59. The van der Waals surface area contributed by atoms with Gasteiger partial charge in [-0.3, -0.25) is 0 Å². The number of hydrogen-bond donors (Lipinski definition) is 2. The number of nitrogens with one attached hydrogen (secondary N) is 1. The summed E-state index contributed by atoms with van der Waals surface area (Å²) in [6, 6.07) is 6.40. The van der Waals surface area contributed by atoms with Gasteiger partial charge in [0.05, 0.1) is 16.5 Å². The summed E-state index contributed by atoms with van der Waals surface area (Å²) in [5.74, 6) is 0. The Morgan fingerprint density at radius 3 is 2.79 bits per heavy atom. The van der Waals surface area contributed by atoms with Crippen molar-refractivity contribution in [3.05, 3.63) is 46.4 Å². The molecule has 5 nitrogen and oxygen atoms in total. The van der Waals surface area contributed by atoms with Crippen LogP contribution in [0.25, 0.3) is 0 Å². The van der Waals surface area contributed by atoms with Crippen LogP contribution in [0.15, 0.2) is 40.7 Å². The second-order valence-corrected chi connectivity index (χ2v) is 6.55. The second kappa shape index (κ2) is 6.25. The zero-order valence-corrected chi connectivity index (χ0v) is 11.7. The number of aliphatic hydroxyl groups is 1. The number of sulfonamides is 1. The molecule has 1 heterocycles. The van der Waals surface area contributed by atoms with Gasteiger partial charge in [0.1, 0.15) is 0 Å². The fourth-order valence-electron chi connectivity index (χ4n) is 1.64. The topological polar surface area (TPSA) is 79.3 Å². The van der Waals surface area contributed by atoms with E-state index in [-0.39, 0.29) is 18.0 Å². The molecule has 1 aromatic carbocycles. The molecule has 0 saturated heterocycles. The van der Waals surface area contributed by atoms with E-state index < -0.39 is 10.0 Å². The SMILES string of the molecule is O=S(=O)(NCCc1nccs1)c1ccccc1CO. The van der Waals surface area contributed by atoms with E-state index in [1.165, 1.54) is 17.4 Å². The lowest BCUT2D eigenvalue weighted by Gasteiger charge is -2.09. The predicted molar refractivity (Wildman–Crippen MR) is 73.4 cm³/mol. The van der Waals surface area contributed by atoms with Gasteiger partial charge in [0.25, 0.3) is 0 Å². The molecule has 0 radical (unpaired) electrons. The standard InChI is InChI=1S/C12H14N2O3S2/c15-9-10-3-1-2-4-11(10)19(16,17)14-6-5-12-13-7-8-18-12/h1-4,7-8,14-15H,5-6,9H2. The molecule has 0 aliphatic heterocycles. The summed E-state index contributed by atoms with van der Waals surface area (Å²) in [5.41, 5.74) is 0.393. The van der Waals surface area contributed by atoms with Crippen molar-refractivity contribution < 1.29 is 13.5 Å². The number of hydrogen-bond acceptors (Lipinski definition) is 5. The minimum Gasteiger partial charge on any atom is -0.392 e. The number of rotatable bonds is 6. The molecule has 19 heavy (non-hydrogen) atoms. The molecule has 0 bridgehead atoms. The van der Waals surface area contributed by atoms with Crippen LogP contribution >= 0.6 is 11.3 Å². The van der Waals surface area contributed by atoms with Crippen LogP contribution in [-0.2, 0) is 23.1 Å². The first-order valence-corrected chi connectivity index (χ1v) is 8.06. The molecular formula is C12H14N2O3S2. The lowest BCUT2D eigenvalue weighted by Crippen LogP contribution is -2.26. The molecule has 0 unspecified atom stereocenters. The summed E-state index contributed by atoms with van der Waals surface area (Å²) >= 11 is 1.49. The van der Waals surface area contributed by atoms with Crippen LogP contribution in [-0.4, -0.2) is 25.1 Å². The lowest BCUT2D eigenvalue weighted by atomic mass is 10.2. The van der Waals surface area contributed by atoms with Crippen molar-refractivity contribution >= 4 is 21.4 Å². The number of aromatic nitrogens is 1. The summed E-state index contributed by atoms with van der Waals surface area (Å²) in [6.45, 7) is -0.0147. The van der Waals surface area contributed by atoms with Crippen molar-refractivity contribution in [1.29, 1.82) is 0 Å². The van der Waals surface area contributed by atoms with Gasteiger partial charge < -0.3 is 5.11 Å². The van der Waals surface area contributed by atoms with Gasteiger partial charge in [-0.2, -0.15) is 0 Å². The van der Waals surface area contributed by atoms with Gasteiger partial charge in [0.2, 0.25) is 10.0 Å². The highest BCUT2D eigenvalue weighted by molar-refractivity contribution is 7.89. The van der Waals surface area contributed by atoms with E-state index in [4.69, 9.17) is 5.11 Å². The van der Waals surface area contributed by atoms with E-state index in [1.807, 2.05) is 5.38 Å². The van der Waals surface area contributed by atoms with Gasteiger partial charge >= 0.3 is 0 Å². The Hall–Kier alpha value is -1.28. The molecule has 7 heteroatoms. The van der Waals surface area contributed by atoms with Crippen LogP contribution in [0.3, 0.4) is 0 Å². The molecule has 102 valence electrons. The fourth-order valence-corrected chi connectivity index (χ4v) is 3.53. The minimum atomic E-state index is -3.59. The average molecular weight is 298 g/mol. The highest BCUT2D eigenvalue weighted by atomic mass is 32.2. The van der Waals surface area contributed by atoms with E-state index in [2.05, 4.69) is 9.71 Å². The highest BCUT2D eigenvalue weighted by Gasteiger charge is 2.17. The van der Waals surface area contributed by atoms with Gasteiger partial charge in [-0.1, -0.05) is 18.2 Å². The molecule has 2 N–H and O–H groups in total. The number of benzene rings is 1. The minimum absolute atomic E-state index is 0.122. The van der Waals surface area contributed by atoms with E-state index in [0.29, 0.717) is 12.0 Å². The third kappa shape index (κ3) is 3.60. The molecule has 1 aromatic heterocycles. The lowest BCUT2D eigenvalue weighted by molar-refractivity contribution is 0.278. The molecule has 2 rings (SSSR count). The van der Waals surface area contributed by atoms with Crippen LogP contribution in [0.2, 0.25) is 0 Å². The number of nitrogens with zero attached hydrogens (tertiary/aromatic N) is 1. The maximum atomic E-state index is 12.1. The largest absolute Gasteiger partial charge is 0.392 e. The van der Waals surface area contributed by atoms with E-state index >= 15 is 0 Å². The zero-order chi connectivity index (χ0) is 13.7. The maximum absolute atomic E-state index is 12.1. The van der Waals surface area contributed by atoms with Gasteiger partial charge in [-0.05, 0) is 11.6 Å². The summed E-state index contributed by atoms with van der Waals surface area (Å²) in [4.78, 5) is 4.21. The zero-order valence-electron chi connectivity index (χ0n) is 10.1. The van der Waals surface area contributed by atoms with Crippen LogP contribution < -0.4 is 4.72 Å². The Morgan fingerprint density at radius 2 is 2.11 bits per heavy atom. The Kier molecular flexibility index (Phi) is 4.65. The monoisotopic (exact) mass is 298 g/mol. The van der Waals surface area contributed by atoms with Crippen molar-refractivity contribution in [2.45, 2.75) is 17.9 Å². The van der Waals surface area contributed by atoms with Gasteiger partial charge in [-0.15, -0.1) is 11.3 Å².